The van der Waals surface area contributed by atoms with Gasteiger partial charge in [-0.2, -0.15) is 0 Å². The predicted octanol–water partition coefficient (Wildman–Crippen LogP) is 34.7. The number of hydrogen-bond acceptors (Lipinski definition) is 10. The molecule has 10 heteroatoms. The number of hydrogen-bond donors (Lipinski definition) is 0. The molecule has 0 saturated heterocycles. The number of nitrogens with zero attached hydrogens (tertiary/aromatic N) is 7. The fourth-order valence-corrected chi connectivity index (χ4v) is 21.8. The first-order chi connectivity index (χ1) is 67.7. The molecule has 6 aromatic heterocycles. The van der Waals surface area contributed by atoms with Crippen LogP contribution in [0.3, 0.4) is 0 Å². The molecule has 8 nitrogen and oxygen atoms in total. The molecule has 0 saturated carbocycles. The average Bonchev–Trinajstić information content (AvgIpc) is 1.68. The van der Waals surface area contributed by atoms with Crippen molar-refractivity contribution >= 4 is 107 Å². The molecule has 0 aliphatic rings. The van der Waals surface area contributed by atoms with Crippen molar-refractivity contribution in [2.45, 2.75) is 0 Å². The van der Waals surface area contributed by atoms with Crippen molar-refractivity contribution in [3.63, 3.8) is 0 Å². The Morgan fingerprint density at radius 2 is 0.460 bits per heavy atom. The Hall–Kier alpha value is -17.7. The van der Waals surface area contributed by atoms with Gasteiger partial charge in [-0.3, -0.25) is 0 Å². The number of furan rings is 1. The second kappa shape index (κ2) is 33.9. The van der Waals surface area contributed by atoms with Crippen LogP contribution in [-0.2, 0) is 0 Å². The number of thiophene rings is 2. The monoisotopic (exact) mass is 1780 g/mol. The molecule has 0 aliphatic carbocycles. The Balaban J connectivity index is 0.453. The van der Waals surface area contributed by atoms with Crippen LogP contribution < -0.4 is 0 Å². The van der Waals surface area contributed by atoms with Crippen molar-refractivity contribution in [3.05, 3.63) is 467 Å². The van der Waals surface area contributed by atoms with Crippen molar-refractivity contribution in [2.24, 2.45) is 0 Å². The first-order valence-electron chi connectivity index (χ1n) is 46.1. The minimum Gasteiger partial charge on any atom is -0.456 e. The first-order valence-corrected chi connectivity index (χ1v) is 47.7. The lowest BCUT2D eigenvalue weighted by Crippen LogP contribution is -2.00. The van der Waals surface area contributed by atoms with E-state index in [4.69, 9.17) is 39.3 Å². The fraction of sp³-hybridized carbons (Fsp3) is 0. The van der Waals surface area contributed by atoms with Gasteiger partial charge in [-0.1, -0.05) is 346 Å². The standard InChI is InChI=1S/C127H77N7OS2/c1-7-22-78(23-8-1)100-67-101(79-24-9-2-10-25-79)69-102(68-100)94-51-60-109-112-72-99(55-63-120(112)137-122(109)75-94)127-133-124(86-32-17-6-18-33-86)132-125(134-127)87-46-42-81(43-47-87)89-35-20-37-98(66-89)126-129-114(84-28-13-4-14-29-84)77-116(131-126)97-54-62-119-111(71-97)108-59-50-93(74-121(108)136-119)91-48-56-104-95(65-91)52-57-106-103(38-21-39-105(104)106)82-44-40-80(41-45-82)88-34-19-36-90(64-88)92-49-58-107-110-70-96(53-61-117(110)135-118(107)73-92)115-76-113(83-26-11-3-12-27-83)128-123(130-115)85-30-15-5-16-31-85/h1-77H. The molecular weight excluding hydrogens is 1700 g/mol. The van der Waals surface area contributed by atoms with Crippen LogP contribution in [0.15, 0.2) is 472 Å². The Morgan fingerprint density at radius 1 is 0.139 bits per heavy atom. The topological polar surface area (TPSA) is 103 Å². The lowest BCUT2D eigenvalue weighted by Gasteiger charge is -2.12. The summed E-state index contributed by atoms with van der Waals surface area (Å²) in [5.74, 6) is 3.14. The zero-order valence-corrected chi connectivity index (χ0v) is 75.4. The lowest BCUT2D eigenvalue weighted by molar-refractivity contribution is 0.669. The minimum absolute atomic E-state index is 0.592. The molecule has 0 radical (unpaired) electrons. The average molecular weight is 1780 g/mol. The molecule has 0 unspecified atom stereocenters. The molecule has 0 N–H and O–H groups in total. The summed E-state index contributed by atoms with van der Waals surface area (Å²) in [4.78, 5) is 36.5. The van der Waals surface area contributed by atoms with Gasteiger partial charge in [0.25, 0.3) is 0 Å². The maximum absolute atomic E-state index is 6.60. The zero-order valence-electron chi connectivity index (χ0n) is 73.8. The summed E-state index contributed by atoms with van der Waals surface area (Å²) < 4.78 is 11.5. The van der Waals surface area contributed by atoms with Crippen LogP contribution in [0.2, 0.25) is 0 Å². The third-order valence-electron chi connectivity index (χ3n) is 26.6. The summed E-state index contributed by atoms with van der Waals surface area (Å²) in [6.45, 7) is 0. The lowest BCUT2D eigenvalue weighted by atomic mass is 9.92. The van der Waals surface area contributed by atoms with E-state index in [2.05, 4.69) is 406 Å². The van der Waals surface area contributed by atoms with Crippen molar-refractivity contribution in [1.82, 2.24) is 34.9 Å². The van der Waals surface area contributed by atoms with Crippen LogP contribution in [-0.4, -0.2) is 34.9 Å². The van der Waals surface area contributed by atoms with E-state index in [-0.39, 0.29) is 0 Å². The summed E-state index contributed by atoms with van der Waals surface area (Å²) in [5, 5.41) is 11.7. The number of aromatic nitrogens is 7. The number of fused-ring (bicyclic) bond motifs is 12. The van der Waals surface area contributed by atoms with E-state index < -0.39 is 0 Å². The molecule has 26 rings (SSSR count). The van der Waals surface area contributed by atoms with Gasteiger partial charge in [-0.05, 0) is 232 Å². The van der Waals surface area contributed by atoms with E-state index >= 15 is 0 Å². The van der Waals surface area contributed by atoms with Crippen molar-refractivity contribution in [3.8, 4) is 191 Å². The highest BCUT2D eigenvalue weighted by Gasteiger charge is 2.23. The largest absolute Gasteiger partial charge is 0.456 e. The summed E-state index contributed by atoms with van der Waals surface area (Å²) >= 11 is 3.64. The van der Waals surface area contributed by atoms with Gasteiger partial charge in [0.05, 0.1) is 22.8 Å². The molecule has 0 fully saturated rings. The van der Waals surface area contributed by atoms with Crippen LogP contribution in [0.25, 0.3) is 275 Å². The molecule has 0 amide bonds. The minimum atomic E-state index is 0.592. The predicted molar refractivity (Wildman–Crippen MR) is 571 cm³/mol. The Bertz CT molecular complexity index is 9130. The Labute approximate surface area is 797 Å². The van der Waals surface area contributed by atoms with Gasteiger partial charge in [0, 0.05) is 101 Å². The zero-order chi connectivity index (χ0) is 90.4. The molecule has 0 atom stereocenters. The SMILES string of the molecule is c1ccc(-c2cc(-c3ccccc3)cc(-c3ccc4c(c3)sc3ccc(-c5nc(-c6ccccc6)nc(-c6ccc(-c7cccc(-c8nc(-c9ccccc9)cc(-c9ccc%10sc%11cc(-c%12ccc%13c(ccc%14c(-c%15ccc(-c%16cccc(-c%17ccc%18c(c%17)oc%17ccc(-c%19cc(-c%20ccccc%20)nc(-c%20ccccc%20)n%19)cc%17%18)c%16)cc%15)cccc%14%13)c%12)ccc%11c%10c9)n8)c7)cc6)n5)cc34)c2)cc1. The van der Waals surface area contributed by atoms with Crippen LogP contribution in [0.1, 0.15) is 0 Å². The van der Waals surface area contributed by atoms with E-state index in [1.54, 1.807) is 0 Å². The van der Waals surface area contributed by atoms with Crippen LogP contribution in [0.5, 0.6) is 0 Å². The van der Waals surface area contributed by atoms with Crippen LogP contribution in [0.4, 0.5) is 0 Å². The molecule has 0 aliphatic heterocycles. The van der Waals surface area contributed by atoms with Crippen molar-refractivity contribution in [2.75, 3.05) is 0 Å². The summed E-state index contributed by atoms with van der Waals surface area (Å²) in [6, 6.07) is 167. The highest BCUT2D eigenvalue weighted by Crippen LogP contribution is 2.46. The third-order valence-corrected chi connectivity index (χ3v) is 28.8. The Morgan fingerprint density at radius 3 is 1.01 bits per heavy atom. The fourth-order valence-electron chi connectivity index (χ4n) is 19.5. The van der Waals surface area contributed by atoms with Gasteiger partial charge >= 0.3 is 0 Å². The normalized spacial score (nSPS) is 11.6. The third kappa shape index (κ3) is 15.2. The molecule has 0 bridgehead atoms. The van der Waals surface area contributed by atoms with Gasteiger partial charge in [0.15, 0.2) is 29.1 Å². The van der Waals surface area contributed by atoms with Crippen molar-refractivity contribution in [1.29, 1.82) is 0 Å². The molecule has 0 spiro atoms. The van der Waals surface area contributed by atoms with Crippen LogP contribution >= 0.6 is 22.7 Å². The maximum Gasteiger partial charge on any atom is 0.164 e. The highest BCUT2D eigenvalue weighted by molar-refractivity contribution is 7.26. The molecule has 20 aromatic carbocycles. The first kappa shape index (κ1) is 80.2. The van der Waals surface area contributed by atoms with E-state index in [1.165, 1.54) is 112 Å². The number of rotatable bonds is 17. The quantitative estimate of drug-likeness (QED) is 0.0831. The van der Waals surface area contributed by atoms with Gasteiger partial charge in [0.1, 0.15) is 11.2 Å². The molecule has 6 heterocycles. The number of benzene rings is 20. The maximum atomic E-state index is 6.60. The molecule has 638 valence electrons. The summed E-state index contributed by atoms with van der Waals surface area (Å²) in [7, 11) is 0. The molecular formula is C127H77N7OS2. The molecule has 137 heavy (non-hydrogen) atoms. The van der Waals surface area contributed by atoms with E-state index in [9.17, 15) is 0 Å². The molecule has 26 aromatic rings. The van der Waals surface area contributed by atoms with Crippen LogP contribution in [0, 0.1) is 0 Å². The van der Waals surface area contributed by atoms with Gasteiger partial charge in [0.2, 0.25) is 0 Å². The smallest absolute Gasteiger partial charge is 0.164 e. The van der Waals surface area contributed by atoms with E-state index in [1.807, 2.05) is 83.3 Å². The second-order valence-electron chi connectivity index (χ2n) is 35.0. The van der Waals surface area contributed by atoms with Crippen molar-refractivity contribution < 1.29 is 4.42 Å². The van der Waals surface area contributed by atoms with E-state index in [0.29, 0.717) is 29.1 Å². The summed E-state index contributed by atoms with van der Waals surface area (Å²) in [6.07, 6.45) is 0. The second-order valence-corrected chi connectivity index (χ2v) is 37.2. The van der Waals surface area contributed by atoms with Gasteiger partial charge in [-0.15, -0.1) is 22.7 Å². The Kier molecular flexibility index (Phi) is 19.8. The summed E-state index contributed by atoms with van der Waals surface area (Å²) in [5.41, 5.74) is 32.2. The highest BCUT2D eigenvalue weighted by atomic mass is 32.1. The van der Waals surface area contributed by atoms with Gasteiger partial charge < -0.3 is 4.42 Å². The van der Waals surface area contributed by atoms with E-state index in [0.717, 1.165) is 134 Å². The van der Waals surface area contributed by atoms with Gasteiger partial charge in [-0.25, -0.2) is 34.9 Å².